The first-order valence-electron chi connectivity index (χ1n) is 10.9. The average Bonchev–Trinajstić information content (AvgIpc) is 3.09. The number of carbonyl (C=O) groups is 2. The number of H-pyrrole nitrogens is 1. The number of aryl methyl sites for hydroxylation is 2. The molecule has 0 saturated carbocycles. The summed E-state index contributed by atoms with van der Waals surface area (Å²) in [5.41, 5.74) is -0.210. The number of morpholine rings is 1. The van der Waals surface area contributed by atoms with Crippen molar-refractivity contribution in [3.63, 3.8) is 0 Å². The molecule has 180 valence electrons. The molecule has 1 aliphatic heterocycles. The van der Waals surface area contributed by atoms with Gasteiger partial charge in [-0.05, 0) is 48.5 Å². The van der Waals surface area contributed by atoms with E-state index >= 15 is 0 Å². The summed E-state index contributed by atoms with van der Waals surface area (Å²) >= 11 is 0. The van der Waals surface area contributed by atoms with E-state index in [1.807, 2.05) is 13.0 Å². The molecule has 1 saturated heterocycles. The summed E-state index contributed by atoms with van der Waals surface area (Å²) in [5, 5.41) is 12.9. The SMILES string of the molecule is Cc1nc(Nc2cc(C)[nH]n2)cc(C2CN(C(=O)C(C)(C)NC(=O)OC(C)(C)C)CCO2)n1. The second-order valence-electron chi connectivity index (χ2n) is 9.65. The van der Waals surface area contributed by atoms with Crippen LogP contribution in [0.1, 0.15) is 57.9 Å². The highest BCUT2D eigenvalue weighted by Crippen LogP contribution is 2.25. The topological polar surface area (TPSA) is 134 Å². The summed E-state index contributed by atoms with van der Waals surface area (Å²) in [4.78, 5) is 36.0. The van der Waals surface area contributed by atoms with Crippen LogP contribution in [-0.2, 0) is 14.3 Å². The fraction of sp³-hybridized carbons (Fsp3) is 0.591. The van der Waals surface area contributed by atoms with Gasteiger partial charge < -0.3 is 25.0 Å². The van der Waals surface area contributed by atoms with Gasteiger partial charge in [0.2, 0.25) is 5.91 Å². The van der Waals surface area contributed by atoms with Gasteiger partial charge in [-0.2, -0.15) is 5.10 Å². The van der Waals surface area contributed by atoms with Crippen LogP contribution in [0.2, 0.25) is 0 Å². The Morgan fingerprint density at radius 1 is 1.15 bits per heavy atom. The Balaban J connectivity index is 1.70. The van der Waals surface area contributed by atoms with Crippen molar-refractivity contribution in [1.82, 2.24) is 30.4 Å². The number of amides is 2. The van der Waals surface area contributed by atoms with Crippen molar-refractivity contribution < 1.29 is 19.1 Å². The first kappa shape index (κ1) is 24.4. The van der Waals surface area contributed by atoms with E-state index in [0.717, 1.165) is 5.69 Å². The number of aromatic amines is 1. The molecular formula is C22H33N7O4. The van der Waals surface area contributed by atoms with E-state index in [1.54, 1.807) is 52.5 Å². The molecule has 3 rings (SSSR count). The predicted octanol–water partition coefficient (Wildman–Crippen LogP) is 2.76. The smallest absolute Gasteiger partial charge is 0.408 e. The van der Waals surface area contributed by atoms with E-state index in [9.17, 15) is 9.59 Å². The lowest BCUT2D eigenvalue weighted by molar-refractivity contribution is -0.145. The lowest BCUT2D eigenvalue weighted by Crippen LogP contribution is -2.58. The van der Waals surface area contributed by atoms with E-state index in [0.29, 0.717) is 42.9 Å². The maximum absolute atomic E-state index is 13.2. The van der Waals surface area contributed by atoms with Crippen LogP contribution in [0.25, 0.3) is 0 Å². The zero-order valence-electron chi connectivity index (χ0n) is 20.3. The van der Waals surface area contributed by atoms with Crippen LogP contribution in [0, 0.1) is 13.8 Å². The maximum atomic E-state index is 13.2. The standard InChI is InChI=1S/C22H33N7O4/c1-13-10-18(28-27-13)25-17-11-15(23-14(2)24-17)16-12-29(8-9-32-16)19(30)22(6,7)26-20(31)33-21(3,4)5/h10-11,16H,8-9,12H2,1-7H3,(H,26,31)(H2,23,24,25,27,28). The Labute approximate surface area is 193 Å². The van der Waals surface area contributed by atoms with E-state index in [-0.39, 0.29) is 5.91 Å². The van der Waals surface area contributed by atoms with Crippen molar-refractivity contribution in [2.24, 2.45) is 0 Å². The molecule has 3 heterocycles. The van der Waals surface area contributed by atoms with E-state index in [2.05, 4.69) is 30.8 Å². The number of hydrogen-bond donors (Lipinski definition) is 3. The Hall–Kier alpha value is -3.21. The molecule has 11 heteroatoms. The molecule has 1 aliphatic rings. The van der Waals surface area contributed by atoms with Crippen molar-refractivity contribution in [1.29, 1.82) is 0 Å². The van der Waals surface area contributed by atoms with Crippen molar-refractivity contribution in [2.75, 3.05) is 25.0 Å². The van der Waals surface area contributed by atoms with Crippen LogP contribution < -0.4 is 10.6 Å². The minimum atomic E-state index is -1.14. The molecule has 0 radical (unpaired) electrons. The molecular weight excluding hydrogens is 426 g/mol. The summed E-state index contributed by atoms with van der Waals surface area (Å²) in [6, 6.07) is 3.66. The second kappa shape index (κ2) is 9.34. The minimum absolute atomic E-state index is 0.224. The molecule has 0 bridgehead atoms. The number of ether oxygens (including phenoxy) is 2. The van der Waals surface area contributed by atoms with Crippen molar-refractivity contribution in [3.8, 4) is 0 Å². The van der Waals surface area contributed by atoms with Crippen LogP contribution in [0.5, 0.6) is 0 Å². The molecule has 0 aromatic carbocycles. The average molecular weight is 460 g/mol. The molecule has 0 spiro atoms. The molecule has 1 atom stereocenters. The normalized spacial score (nSPS) is 16.9. The van der Waals surface area contributed by atoms with E-state index < -0.39 is 23.3 Å². The van der Waals surface area contributed by atoms with Gasteiger partial charge in [-0.3, -0.25) is 9.89 Å². The van der Waals surface area contributed by atoms with Crippen molar-refractivity contribution >= 4 is 23.6 Å². The maximum Gasteiger partial charge on any atom is 0.408 e. The number of alkyl carbamates (subject to hydrolysis) is 1. The summed E-state index contributed by atoms with van der Waals surface area (Å²) in [7, 11) is 0. The first-order valence-corrected chi connectivity index (χ1v) is 10.9. The number of anilines is 2. The molecule has 33 heavy (non-hydrogen) atoms. The predicted molar refractivity (Wildman–Crippen MR) is 122 cm³/mol. The zero-order valence-corrected chi connectivity index (χ0v) is 20.3. The van der Waals surface area contributed by atoms with Gasteiger partial charge in [0.15, 0.2) is 5.82 Å². The molecule has 1 unspecified atom stereocenters. The lowest BCUT2D eigenvalue weighted by atomic mass is 10.0. The Kier molecular flexibility index (Phi) is 6.92. The Morgan fingerprint density at radius 3 is 2.52 bits per heavy atom. The molecule has 2 aromatic heterocycles. The van der Waals surface area contributed by atoms with Crippen LogP contribution in [0.4, 0.5) is 16.4 Å². The molecule has 0 aliphatic carbocycles. The van der Waals surface area contributed by atoms with Gasteiger partial charge in [-0.1, -0.05) is 0 Å². The molecule has 3 N–H and O–H groups in total. The third kappa shape index (κ3) is 6.64. The Bertz CT molecular complexity index is 1010. The van der Waals surface area contributed by atoms with Crippen LogP contribution in [0.15, 0.2) is 12.1 Å². The second-order valence-corrected chi connectivity index (χ2v) is 9.65. The largest absolute Gasteiger partial charge is 0.444 e. The number of aromatic nitrogens is 4. The number of hydrogen-bond acceptors (Lipinski definition) is 8. The van der Waals surface area contributed by atoms with Gasteiger partial charge in [0.1, 0.15) is 28.9 Å². The zero-order chi connectivity index (χ0) is 24.4. The third-order valence-electron chi connectivity index (χ3n) is 4.85. The van der Waals surface area contributed by atoms with E-state index in [1.165, 1.54) is 0 Å². The fourth-order valence-corrected chi connectivity index (χ4v) is 3.45. The third-order valence-corrected chi connectivity index (χ3v) is 4.85. The van der Waals surface area contributed by atoms with Crippen molar-refractivity contribution in [2.45, 2.75) is 65.7 Å². The highest BCUT2D eigenvalue weighted by atomic mass is 16.6. The van der Waals surface area contributed by atoms with Gasteiger partial charge >= 0.3 is 6.09 Å². The van der Waals surface area contributed by atoms with Gasteiger partial charge in [-0.15, -0.1) is 0 Å². The summed E-state index contributed by atoms with van der Waals surface area (Å²) in [6.07, 6.45) is -1.07. The first-order chi connectivity index (χ1) is 15.3. The number of nitrogens with zero attached hydrogens (tertiary/aromatic N) is 4. The molecule has 1 fully saturated rings. The molecule has 2 aromatic rings. The van der Waals surface area contributed by atoms with Gasteiger partial charge in [-0.25, -0.2) is 14.8 Å². The van der Waals surface area contributed by atoms with Gasteiger partial charge in [0.25, 0.3) is 0 Å². The molecule has 2 amide bonds. The number of nitrogens with one attached hydrogen (secondary N) is 3. The lowest BCUT2D eigenvalue weighted by Gasteiger charge is -2.37. The molecule has 11 nitrogen and oxygen atoms in total. The highest BCUT2D eigenvalue weighted by Gasteiger charge is 2.37. The summed E-state index contributed by atoms with van der Waals surface area (Å²) in [5.74, 6) is 1.58. The fourth-order valence-electron chi connectivity index (χ4n) is 3.45. The van der Waals surface area contributed by atoms with Gasteiger partial charge in [0.05, 0.1) is 18.8 Å². The highest BCUT2D eigenvalue weighted by molar-refractivity contribution is 5.89. The minimum Gasteiger partial charge on any atom is -0.444 e. The summed E-state index contributed by atoms with van der Waals surface area (Å²) < 4.78 is 11.2. The Morgan fingerprint density at radius 2 is 1.88 bits per heavy atom. The summed E-state index contributed by atoms with van der Waals surface area (Å²) in [6.45, 7) is 13.4. The van der Waals surface area contributed by atoms with Crippen LogP contribution in [-0.4, -0.2) is 67.9 Å². The monoisotopic (exact) mass is 459 g/mol. The van der Waals surface area contributed by atoms with E-state index in [4.69, 9.17) is 9.47 Å². The number of rotatable bonds is 5. The van der Waals surface area contributed by atoms with Crippen LogP contribution in [0.3, 0.4) is 0 Å². The van der Waals surface area contributed by atoms with Gasteiger partial charge in [0, 0.05) is 24.4 Å². The number of carbonyl (C=O) groups excluding carboxylic acids is 2. The van der Waals surface area contributed by atoms with Crippen LogP contribution >= 0.6 is 0 Å². The van der Waals surface area contributed by atoms with Crippen molar-refractivity contribution in [3.05, 3.63) is 29.3 Å². The quantitative estimate of drug-likeness (QED) is 0.621.